The van der Waals surface area contributed by atoms with Gasteiger partial charge in [-0.05, 0) is 93.2 Å². The van der Waals surface area contributed by atoms with Crippen molar-refractivity contribution >= 4 is 32.6 Å². The van der Waals surface area contributed by atoms with E-state index in [9.17, 15) is 0 Å². The van der Waals surface area contributed by atoms with Crippen LogP contribution < -0.4 is 4.74 Å². The molecule has 174 valence electrons. The number of ether oxygens (including phenoxy) is 1. The van der Waals surface area contributed by atoms with Crippen molar-refractivity contribution in [3.63, 3.8) is 0 Å². The average molecular weight is 475 g/mol. The van der Waals surface area contributed by atoms with E-state index in [1.165, 1.54) is 38.2 Å². The molecule has 7 aromatic rings. The first-order chi connectivity index (χ1) is 18.2. The summed E-state index contributed by atoms with van der Waals surface area (Å²) in [5.41, 5.74) is 7.80. The minimum atomic E-state index is 0.850. The maximum atomic E-state index is 6.35. The molecular formula is C34H22N2O. The highest BCUT2D eigenvalue weighted by Crippen LogP contribution is 2.43. The lowest BCUT2D eigenvalue weighted by atomic mass is 9.96. The van der Waals surface area contributed by atoms with Crippen LogP contribution in [-0.2, 0) is 0 Å². The molecule has 8 rings (SSSR count). The molecule has 1 aromatic heterocycles. The Labute approximate surface area is 214 Å². The van der Waals surface area contributed by atoms with E-state index in [4.69, 9.17) is 9.72 Å². The van der Waals surface area contributed by atoms with Crippen molar-refractivity contribution in [2.75, 3.05) is 0 Å². The Morgan fingerprint density at radius 3 is 1.86 bits per heavy atom. The molecule has 0 N–H and O–H groups in total. The van der Waals surface area contributed by atoms with Crippen LogP contribution in [0.25, 0.3) is 60.5 Å². The zero-order valence-corrected chi connectivity index (χ0v) is 20.3. The Balaban J connectivity index is 1.18. The second-order valence-corrected chi connectivity index (χ2v) is 9.74. The zero-order chi connectivity index (χ0) is 24.5. The van der Waals surface area contributed by atoms with Gasteiger partial charge in [-0.15, -0.1) is 0 Å². The van der Waals surface area contributed by atoms with E-state index in [0.29, 0.717) is 0 Å². The third kappa shape index (κ3) is 3.11. The summed E-state index contributed by atoms with van der Waals surface area (Å²) in [5.74, 6) is 2.67. The summed E-state index contributed by atoms with van der Waals surface area (Å²) in [7, 11) is 0. The third-order valence-electron chi connectivity index (χ3n) is 7.48. The summed E-state index contributed by atoms with van der Waals surface area (Å²) in [5, 5.41) is 4.98. The van der Waals surface area contributed by atoms with E-state index < -0.39 is 0 Å². The van der Waals surface area contributed by atoms with Crippen molar-refractivity contribution in [3.05, 3.63) is 121 Å². The second-order valence-electron chi connectivity index (χ2n) is 9.74. The standard InChI is InChI=1S/C34H22N2O/c1-21-35-30-7-4-8-32-34(30)36(21)31-16-15-29(20-33(31)37-32)28-14-13-26-18-25(11-12-27(26)19-28)24-10-9-22-5-2-3-6-23(22)17-24/h2-20H,1H3. The van der Waals surface area contributed by atoms with Crippen LogP contribution in [0, 0.1) is 6.92 Å². The second kappa shape index (κ2) is 7.55. The molecule has 0 amide bonds. The van der Waals surface area contributed by atoms with Crippen molar-refractivity contribution in [2.24, 2.45) is 0 Å². The number of aromatic nitrogens is 2. The number of rotatable bonds is 2. The van der Waals surface area contributed by atoms with Gasteiger partial charge in [0.2, 0.25) is 0 Å². The van der Waals surface area contributed by atoms with Crippen molar-refractivity contribution in [1.82, 2.24) is 9.55 Å². The molecule has 0 unspecified atom stereocenters. The lowest BCUT2D eigenvalue weighted by Gasteiger charge is -2.21. The Hall–Kier alpha value is -4.89. The number of imidazole rings is 1. The van der Waals surface area contributed by atoms with E-state index in [-0.39, 0.29) is 0 Å². The predicted octanol–water partition coefficient (Wildman–Crippen LogP) is 9.08. The number of aryl methyl sites for hydroxylation is 1. The van der Waals surface area contributed by atoms with Crippen LogP contribution in [0.1, 0.15) is 5.82 Å². The van der Waals surface area contributed by atoms with Crippen molar-refractivity contribution in [3.8, 4) is 39.4 Å². The number of para-hydroxylation sites is 1. The molecule has 0 aliphatic carbocycles. The molecule has 0 saturated heterocycles. The molecule has 0 radical (unpaired) electrons. The maximum absolute atomic E-state index is 6.35. The first-order valence-electron chi connectivity index (χ1n) is 12.5. The first kappa shape index (κ1) is 20.3. The molecule has 2 heterocycles. The van der Waals surface area contributed by atoms with Crippen molar-refractivity contribution in [1.29, 1.82) is 0 Å². The monoisotopic (exact) mass is 474 g/mol. The number of nitrogens with zero attached hydrogens (tertiary/aromatic N) is 2. The van der Waals surface area contributed by atoms with Gasteiger partial charge in [0.1, 0.15) is 11.3 Å². The molecule has 3 heteroatoms. The normalized spacial score (nSPS) is 12.1. The van der Waals surface area contributed by atoms with Crippen molar-refractivity contribution < 1.29 is 4.74 Å². The Morgan fingerprint density at radius 1 is 0.541 bits per heavy atom. The van der Waals surface area contributed by atoms with Crippen LogP contribution in [0.4, 0.5) is 0 Å². The van der Waals surface area contributed by atoms with E-state index in [0.717, 1.165) is 39.6 Å². The molecular weight excluding hydrogens is 452 g/mol. The maximum Gasteiger partial charge on any atom is 0.153 e. The van der Waals surface area contributed by atoms with Crippen LogP contribution in [0.15, 0.2) is 115 Å². The largest absolute Gasteiger partial charge is 0.453 e. The highest BCUT2D eigenvalue weighted by Gasteiger charge is 2.23. The van der Waals surface area contributed by atoms with Crippen LogP contribution in [0.3, 0.4) is 0 Å². The zero-order valence-electron chi connectivity index (χ0n) is 20.3. The summed E-state index contributed by atoms with van der Waals surface area (Å²) in [6.07, 6.45) is 0. The third-order valence-corrected chi connectivity index (χ3v) is 7.48. The quantitative estimate of drug-likeness (QED) is 0.250. The van der Waals surface area contributed by atoms with Gasteiger partial charge in [0, 0.05) is 0 Å². The average Bonchev–Trinajstić information content (AvgIpc) is 3.29. The molecule has 3 nitrogen and oxygen atoms in total. The molecule has 0 spiro atoms. The lowest BCUT2D eigenvalue weighted by molar-refractivity contribution is 0.475. The van der Waals surface area contributed by atoms with Gasteiger partial charge < -0.3 is 4.74 Å². The molecule has 1 aliphatic rings. The fraction of sp³-hybridized carbons (Fsp3) is 0.0294. The van der Waals surface area contributed by atoms with Gasteiger partial charge in [-0.2, -0.15) is 0 Å². The SMILES string of the molecule is Cc1nc2cccc3c2n1-c1ccc(-c2ccc4cc(-c5ccc6ccccc6c5)ccc4c2)cc1O3. The first-order valence-corrected chi connectivity index (χ1v) is 12.5. The molecule has 0 saturated carbocycles. The summed E-state index contributed by atoms with van der Waals surface area (Å²) < 4.78 is 8.54. The highest BCUT2D eigenvalue weighted by atomic mass is 16.5. The van der Waals surface area contributed by atoms with E-state index >= 15 is 0 Å². The van der Waals surface area contributed by atoms with Gasteiger partial charge in [-0.1, -0.05) is 72.8 Å². The van der Waals surface area contributed by atoms with Gasteiger partial charge in [0.25, 0.3) is 0 Å². The lowest BCUT2D eigenvalue weighted by Crippen LogP contribution is -2.05. The summed E-state index contributed by atoms with van der Waals surface area (Å²) in [6.45, 7) is 2.04. The van der Waals surface area contributed by atoms with E-state index in [1.54, 1.807) is 0 Å². The fourth-order valence-electron chi connectivity index (χ4n) is 5.64. The van der Waals surface area contributed by atoms with Gasteiger partial charge in [0.05, 0.1) is 11.2 Å². The van der Waals surface area contributed by atoms with Crippen LogP contribution in [0.2, 0.25) is 0 Å². The van der Waals surface area contributed by atoms with Crippen LogP contribution >= 0.6 is 0 Å². The Bertz CT molecular complexity index is 2030. The molecule has 0 atom stereocenters. The topological polar surface area (TPSA) is 27.1 Å². The van der Waals surface area contributed by atoms with Crippen LogP contribution in [-0.4, -0.2) is 9.55 Å². The summed E-state index contributed by atoms with van der Waals surface area (Å²) >= 11 is 0. The molecule has 1 aliphatic heterocycles. The Kier molecular flexibility index (Phi) is 4.15. The Morgan fingerprint density at radius 2 is 1.14 bits per heavy atom. The minimum absolute atomic E-state index is 0.850. The van der Waals surface area contributed by atoms with E-state index in [2.05, 4.69) is 102 Å². The van der Waals surface area contributed by atoms with Gasteiger partial charge >= 0.3 is 0 Å². The molecule has 0 fully saturated rings. The summed E-state index contributed by atoms with van der Waals surface area (Å²) in [4.78, 5) is 4.73. The van der Waals surface area contributed by atoms with Crippen LogP contribution in [0.5, 0.6) is 11.5 Å². The molecule has 6 aromatic carbocycles. The molecule has 37 heavy (non-hydrogen) atoms. The van der Waals surface area contributed by atoms with Gasteiger partial charge in [-0.25, -0.2) is 4.98 Å². The fourth-order valence-corrected chi connectivity index (χ4v) is 5.64. The minimum Gasteiger partial charge on any atom is -0.453 e. The highest BCUT2D eigenvalue weighted by molar-refractivity contribution is 5.94. The van der Waals surface area contributed by atoms with Gasteiger partial charge in [-0.3, -0.25) is 4.57 Å². The number of benzene rings is 6. The smallest absolute Gasteiger partial charge is 0.153 e. The molecule has 0 bridgehead atoms. The number of hydrogen-bond donors (Lipinski definition) is 0. The van der Waals surface area contributed by atoms with E-state index in [1.807, 2.05) is 25.1 Å². The predicted molar refractivity (Wildman–Crippen MR) is 152 cm³/mol. The number of hydrogen-bond acceptors (Lipinski definition) is 2. The van der Waals surface area contributed by atoms with Gasteiger partial charge in [0.15, 0.2) is 11.5 Å². The van der Waals surface area contributed by atoms with Crippen molar-refractivity contribution in [2.45, 2.75) is 6.92 Å². The summed E-state index contributed by atoms with van der Waals surface area (Å²) in [6, 6.07) is 41.1. The number of fused-ring (bicyclic) bond motifs is 4.